The van der Waals surface area contributed by atoms with Crippen LogP contribution >= 0.6 is 0 Å². The molecule has 1 aromatic carbocycles. The first kappa shape index (κ1) is 26.3. The number of primary amides is 1. The van der Waals surface area contributed by atoms with Crippen LogP contribution in [-0.2, 0) is 9.53 Å². The van der Waals surface area contributed by atoms with Crippen molar-refractivity contribution in [2.75, 3.05) is 19.7 Å². The molecule has 3 fully saturated rings. The number of amides is 3. The number of imidazole rings is 1. The van der Waals surface area contributed by atoms with Crippen molar-refractivity contribution in [1.82, 2.24) is 24.3 Å². The van der Waals surface area contributed by atoms with Crippen LogP contribution < -0.4 is 16.7 Å². The molecule has 206 valence electrons. The zero-order chi connectivity index (χ0) is 27.0. The predicted molar refractivity (Wildman–Crippen MR) is 142 cm³/mol. The first-order valence-electron chi connectivity index (χ1n) is 13.8. The monoisotopic (exact) mass is 526 g/mol. The summed E-state index contributed by atoms with van der Waals surface area (Å²) in [6, 6.07) is 7.11. The number of nitrogens with two attached hydrogens (primary N) is 1. The first-order chi connectivity index (χ1) is 18.3. The minimum Gasteiger partial charge on any atom is -0.449 e. The first-order valence-corrected chi connectivity index (χ1v) is 13.8. The van der Waals surface area contributed by atoms with Gasteiger partial charge in [-0.1, -0.05) is 12.1 Å². The lowest BCUT2D eigenvalue weighted by Crippen LogP contribution is -2.52. The average molecular weight is 527 g/mol. The molecular weight excluding hydrogens is 488 g/mol. The number of hydrogen-bond donors (Lipinski definition) is 2. The highest BCUT2D eigenvalue weighted by atomic mass is 16.6. The molecular formula is C27H38N6O5. The highest BCUT2D eigenvalue weighted by Crippen LogP contribution is 2.36. The van der Waals surface area contributed by atoms with Gasteiger partial charge in [0, 0.05) is 37.3 Å². The maximum Gasteiger partial charge on any atom is 0.410 e. The molecule has 3 N–H and O–H groups in total. The SMILES string of the molecule is CC(C)n1c(=O)n(C(=O)NC2CC3CCC(C2)N3CCCOC(=O)N2CCCC2C(N)=O)c2ccccc21. The van der Waals surface area contributed by atoms with Crippen molar-refractivity contribution >= 4 is 29.1 Å². The molecule has 3 saturated heterocycles. The summed E-state index contributed by atoms with van der Waals surface area (Å²) in [7, 11) is 0. The van der Waals surface area contributed by atoms with E-state index in [4.69, 9.17) is 10.5 Å². The van der Waals surface area contributed by atoms with Crippen molar-refractivity contribution < 1.29 is 19.1 Å². The number of fused-ring (bicyclic) bond motifs is 3. The summed E-state index contributed by atoms with van der Waals surface area (Å²) in [6.07, 6.45) is 5.37. The van der Waals surface area contributed by atoms with Gasteiger partial charge in [-0.25, -0.2) is 19.0 Å². The molecule has 4 heterocycles. The number of nitrogens with one attached hydrogen (secondary N) is 1. The third-order valence-corrected chi connectivity index (χ3v) is 8.31. The van der Waals surface area contributed by atoms with E-state index in [1.54, 1.807) is 4.57 Å². The Hall–Kier alpha value is -3.34. The van der Waals surface area contributed by atoms with Crippen LogP contribution in [0.2, 0.25) is 0 Å². The van der Waals surface area contributed by atoms with E-state index in [2.05, 4.69) is 10.2 Å². The Morgan fingerprint density at radius 2 is 1.76 bits per heavy atom. The number of carbonyl (C=O) groups excluding carboxylic acids is 3. The summed E-state index contributed by atoms with van der Waals surface area (Å²) >= 11 is 0. The molecule has 3 aliphatic heterocycles. The highest BCUT2D eigenvalue weighted by molar-refractivity contribution is 5.89. The maximum absolute atomic E-state index is 13.3. The van der Waals surface area contributed by atoms with Gasteiger partial charge in [0.05, 0.1) is 17.6 Å². The number of para-hydroxylation sites is 2. The van der Waals surface area contributed by atoms with E-state index in [-0.39, 0.29) is 23.8 Å². The van der Waals surface area contributed by atoms with E-state index in [9.17, 15) is 19.2 Å². The third-order valence-electron chi connectivity index (χ3n) is 8.31. The van der Waals surface area contributed by atoms with E-state index in [0.717, 1.165) is 44.2 Å². The van der Waals surface area contributed by atoms with Crippen LogP contribution in [0.15, 0.2) is 29.1 Å². The van der Waals surface area contributed by atoms with Crippen molar-refractivity contribution in [1.29, 1.82) is 0 Å². The molecule has 11 nitrogen and oxygen atoms in total. The van der Waals surface area contributed by atoms with Crippen molar-refractivity contribution in [2.45, 2.75) is 89.0 Å². The smallest absolute Gasteiger partial charge is 0.410 e. The van der Waals surface area contributed by atoms with Crippen LogP contribution in [0.3, 0.4) is 0 Å². The number of ether oxygens (including phenoxy) is 1. The Kier molecular flexibility index (Phi) is 7.47. The van der Waals surface area contributed by atoms with Gasteiger partial charge in [-0.2, -0.15) is 0 Å². The summed E-state index contributed by atoms with van der Waals surface area (Å²) in [5.41, 5.74) is 6.46. The van der Waals surface area contributed by atoms with Crippen molar-refractivity contribution in [3.8, 4) is 0 Å². The number of carbonyl (C=O) groups is 3. The van der Waals surface area contributed by atoms with Crippen molar-refractivity contribution in [3.63, 3.8) is 0 Å². The van der Waals surface area contributed by atoms with Crippen molar-refractivity contribution in [3.05, 3.63) is 34.7 Å². The molecule has 5 rings (SSSR count). The molecule has 3 aliphatic rings. The molecule has 1 aromatic heterocycles. The molecule has 0 saturated carbocycles. The van der Waals surface area contributed by atoms with Gasteiger partial charge in [-0.15, -0.1) is 0 Å². The molecule has 3 amide bonds. The van der Waals surface area contributed by atoms with Crippen molar-refractivity contribution in [2.24, 2.45) is 5.73 Å². The van der Waals surface area contributed by atoms with E-state index in [0.29, 0.717) is 43.6 Å². The average Bonchev–Trinajstić information content (AvgIpc) is 3.54. The lowest BCUT2D eigenvalue weighted by Gasteiger charge is -2.39. The summed E-state index contributed by atoms with van der Waals surface area (Å²) in [5, 5.41) is 3.14. The van der Waals surface area contributed by atoms with E-state index >= 15 is 0 Å². The summed E-state index contributed by atoms with van der Waals surface area (Å²) in [4.78, 5) is 54.2. The second kappa shape index (κ2) is 10.8. The largest absolute Gasteiger partial charge is 0.449 e. The normalized spacial score (nSPS) is 25.3. The molecule has 0 radical (unpaired) electrons. The molecule has 2 aromatic rings. The predicted octanol–water partition coefficient (Wildman–Crippen LogP) is 2.41. The van der Waals surface area contributed by atoms with Gasteiger partial charge >= 0.3 is 17.8 Å². The number of likely N-dealkylation sites (tertiary alicyclic amines) is 1. The van der Waals surface area contributed by atoms with Crippen LogP contribution in [-0.4, -0.2) is 80.8 Å². The number of hydrogen-bond acceptors (Lipinski definition) is 6. The van der Waals surface area contributed by atoms with Gasteiger partial charge in [-0.3, -0.25) is 19.2 Å². The lowest BCUT2D eigenvalue weighted by molar-refractivity contribution is -0.121. The highest BCUT2D eigenvalue weighted by Gasteiger charge is 2.41. The lowest BCUT2D eigenvalue weighted by atomic mass is 9.97. The minimum absolute atomic E-state index is 0.00281. The van der Waals surface area contributed by atoms with Gasteiger partial charge in [0.15, 0.2) is 0 Å². The van der Waals surface area contributed by atoms with Gasteiger partial charge in [0.1, 0.15) is 6.04 Å². The number of aromatic nitrogens is 2. The Morgan fingerprint density at radius 1 is 1.08 bits per heavy atom. The number of nitrogens with zero attached hydrogens (tertiary/aromatic N) is 4. The zero-order valence-corrected chi connectivity index (χ0v) is 22.2. The standard InChI is InChI=1S/C27H38N6O5/c1-17(2)32-21-7-3-4-8-22(21)33(26(32)36)25(35)29-18-15-19-10-11-20(16-18)30(19)13-6-14-38-27(37)31-12-5-9-23(31)24(28)34/h3-4,7-8,17-20,23H,5-6,9-16H2,1-2H3,(H2,28,34)(H,29,35). The Bertz CT molecular complexity index is 1250. The van der Waals surface area contributed by atoms with Crippen LogP contribution in [0.25, 0.3) is 11.0 Å². The van der Waals surface area contributed by atoms with Gasteiger partial charge in [0.2, 0.25) is 5.91 Å². The summed E-state index contributed by atoms with van der Waals surface area (Å²) < 4.78 is 8.36. The van der Waals surface area contributed by atoms with Crippen LogP contribution in [0.4, 0.5) is 9.59 Å². The number of piperidine rings is 1. The summed E-state index contributed by atoms with van der Waals surface area (Å²) in [5.74, 6) is -0.485. The fourth-order valence-electron chi connectivity index (χ4n) is 6.63. The fraction of sp³-hybridized carbons (Fsp3) is 0.630. The molecule has 11 heteroatoms. The van der Waals surface area contributed by atoms with Gasteiger partial charge < -0.3 is 15.8 Å². The Balaban J connectivity index is 1.14. The molecule has 0 spiro atoms. The third kappa shape index (κ3) is 4.91. The maximum atomic E-state index is 13.3. The van der Waals surface area contributed by atoms with Crippen LogP contribution in [0.5, 0.6) is 0 Å². The van der Waals surface area contributed by atoms with E-state index in [1.807, 2.05) is 38.1 Å². The van der Waals surface area contributed by atoms with Gasteiger partial charge in [-0.05, 0) is 70.9 Å². The van der Waals surface area contributed by atoms with E-state index in [1.165, 1.54) is 9.47 Å². The minimum atomic E-state index is -0.564. The summed E-state index contributed by atoms with van der Waals surface area (Å²) in [6.45, 7) is 5.48. The molecule has 38 heavy (non-hydrogen) atoms. The zero-order valence-electron chi connectivity index (χ0n) is 22.2. The van der Waals surface area contributed by atoms with E-state index < -0.39 is 18.0 Å². The molecule has 3 atom stereocenters. The fourth-order valence-corrected chi connectivity index (χ4v) is 6.63. The second-order valence-electron chi connectivity index (χ2n) is 11.0. The molecule has 3 unspecified atom stereocenters. The molecule has 2 bridgehead atoms. The van der Waals surface area contributed by atoms with Crippen LogP contribution in [0.1, 0.15) is 64.8 Å². The van der Waals surface area contributed by atoms with Gasteiger partial charge in [0.25, 0.3) is 0 Å². The number of rotatable bonds is 7. The Labute approximate surface area is 221 Å². The second-order valence-corrected chi connectivity index (χ2v) is 11.0. The number of benzene rings is 1. The van der Waals surface area contributed by atoms with Crippen LogP contribution in [0, 0.1) is 0 Å². The quantitative estimate of drug-likeness (QED) is 0.533. The molecule has 0 aliphatic carbocycles. The topological polar surface area (TPSA) is 132 Å². The Morgan fingerprint density at radius 3 is 2.42 bits per heavy atom.